The van der Waals surface area contributed by atoms with Crippen molar-refractivity contribution in [3.05, 3.63) is 77.9 Å². The van der Waals surface area contributed by atoms with Crippen LogP contribution in [0.1, 0.15) is 55.6 Å². The molecule has 37 rings (SSSR count). The molecule has 11 aliphatic carbocycles. The Balaban J connectivity index is 1.03. The summed E-state index contributed by atoms with van der Waals surface area (Å²) < 4.78 is 36.5. The summed E-state index contributed by atoms with van der Waals surface area (Å²) in [5.41, 5.74) is 19.5. The molecule has 0 N–H and O–H groups in total. The first-order chi connectivity index (χ1) is 42.3. The van der Waals surface area contributed by atoms with Crippen molar-refractivity contribution in [2.24, 2.45) is 0 Å². The first-order valence-electron chi connectivity index (χ1n) is 32.6. The highest BCUT2D eigenvalue weighted by atomic mass is 16.6. The van der Waals surface area contributed by atoms with Crippen molar-refractivity contribution in [3.63, 3.8) is 0 Å². The maximum absolute atomic E-state index is 9.63. The molecule has 5 saturated heterocycles. The minimum absolute atomic E-state index is 0.553. The molecule has 0 aromatic heterocycles. The van der Waals surface area contributed by atoms with E-state index in [9.17, 15) is 4.74 Å². The van der Waals surface area contributed by atoms with Crippen LogP contribution >= 0.6 is 0 Å². The molecule has 21 aromatic rings. The van der Waals surface area contributed by atoms with E-state index in [0.717, 1.165) is 105 Å². The van der Waals surface area contributed by atoms with E-state index in [0.29, 0.717) is 0 Å². The van der Waals surface area contributed by atoms with Crippen molar-refractivity contribution in [2.75, 3.05) is 105 Å². The number of benzene rings is 15. The van der Waals surface area contributed by atoms with Gasteiger partial charge < -0.3 is 23.7 Å². The zero-order chi connectivity index (χ0) is 51.3. The fraction of sp³-hybridized carbons (Fsp3) is 0.289. The maximum atomic E-state index is 9.63. The lowest BCUT2D eigenvalue weighted by molar-refractivity contribution is -0.258. The number of nitrogens with zero attached hydrogens (tertiary/aromatic N) is 4. The maximum Gasteiger partial charge on any atom is 0.147 e. The molecule has 5 aliphatic heterocycles. The summed E-state index contributed by atoms with van der Waals surface area (Å²) in [5, 5.41) is 65.4. The molecule has 85 heavy (non-hydrogen) atoms. The predicted octanol–water partition coefficient (Wildman–Crippen LogP) is 12.2. The second-order valence-electron chi connectivity index (χ2n) is 31.0. The summed E-state index contributed by atoms with van der Waals surface area (Å²) in [4.78, 5) is 12.5. The van der Waals surface area contributed by atoms with Gasteiger partial charge in [-0.1, -0.05) is 0 Å². The van der Waals surface area contributed by atoms with Crippen molar-refractivity contribution in [1.29, 1.82) is 0 Å². The minimum Gasteiger partial charge on any atom is -0.379 e. The van der Waals surface area contributed by atoms with Crippen molar-refractivity contribution in [1.82, 2.24) is 19.6 Å². The second kappa shape index (κ2) is 8.76. The molecular formula is C76H32N4O5. The normalized spacial score (nSPS) is 34.3. The molecule has 0 amide bonds. The second-order valence-corrected chi connectivity index (χ2v) is 31.0. The third kappa shape index (κ3) is 2.09. The van der Waals surface area contributed by atoms with Gasteiger partial charge in [-0.25, -0.2) is 0 Å². The van der Waals surface area contributed by atoms with Gasteiger partial charge in [-0.15, -0.1) is 0 Å². The Morgan fingerprint density at radius 3 is 0.788 bits per heavy atom. The van der Waals surface area contributed by atoms with Gasteiger partial charge in [0, 0.05) is 74.6 Å². The first kappa shape index (κ1) is 35.9. The molecule has 16 aliphatic rings. The number of hydrogen-bond donors (Lipinski definition) is 0. The van der Waals surface area contributed by atoms with Crippen LogP contribution in [0.25, 0.3) is 215 Å². The molecule has 2 bridgehead atoms. The Morgan fingerprint density at radius 2 is 0.435 bits per heavy atom. The van der Waals surface area contributed by atoms with E-state index in [1.165, 1.54) is 0 Å². The molecule has 21 aromatic carbocycles. The molecule has 6 unspecified atom stereocenters. The van der Waals surface area contributed by atoms with Gasteiger partial charge in [-0.3, -0.25) is 19.6 Å². The molecule has 9 heteroatoms. The van der Waals surface area contributed by atoms with Crippen LogP contribution in [-0.2, 0) is 51.4 Å². The van der Waals surface area contributed by atoms with Crippen molar-refractivity contribution in [3.8, 4) is 0 Å². The lowest BCUT2D eigenvalue weighted by Crippen LogP contribution is -2.83. The third-order valence-electron chi connectivity index (χ3n) is 30.7. The molecule has 5 fully saturated rings. The molecule has 9 nitrogen and oxygen atoms in total. The number of hydrogen-bond acceptors (Lipinski definition) is 9. The lowest BCUT2D eigenvalue weighted by atomic mass is 9.43. The fourth-order valence-corrected chi connectivity index (χ4v) is 30.6. The van der Waals surface area contributed by atoms with Gasteiger partial charge in [0.05, 0.1) is 63.9 Å². The van der Waals surface area contributed by atoms with Crippen molar-refractivity contribution >= 4 is 215 Å². The number of rotatable bonds is 4. The summed E-state index contributed by atoms with van der Waals surface area (Å²) in [6, 6.07) is 0. The van der Waals surface area contributed by atoms with Gasteiger partial charge >= 0.3 is 0 Å². The van der Waals surface area contributed by atoms with E-state index in [1.54, 1.807) is 293 Å². The Bertz CT molecular complexity index is 7410. The SMILES string of the molecule is C1CN(C23C4=C5C67OC58C5=C4C4(N9CCOCC9)c9c2c2c%10c3c6c3c6c7c7c%11c%12c(c%13c%14c%15c(c4c4c9c9c2c2c%16c%10c3c3c%10c6c%11c6c%11c%12c%14c%12c%14c%15c4c4c9c2c2c(c3%16)c(c%106)c(c%12%11)c2c4%14)C5%13N2CCOCC2)C78N2CCOCC2)CCO1. The summed E-state index contributed by atoms with van der Waals surface area (Å²) in [6.07, 6.45) is 0. The van der Waals surface area contributed by atoms with Gasteiger partial charge in [-0.05, 0) is 271 Å². The minimum atomic E-state index is -0.804. The van der Waals surface area contributed by atoms with Gasteiger partial charge in [0.2, 0.25) is 0 Å². The number of ether oxygens (including phenoxy) is 5. The summed E-state index contributed by atoms with van der Waals surface area (Å²) in [7, 11) is 0. The quantitative estimate of drug-likeness (QED) is 0.160. The van der Waals surface area contributed by atoms with E-state index in [1.807, 2.05) is 0 Å². The smallest absolute Gasteiger partial charge is 0.147 e. The molecule has 2 spiro atoms. The summed E-state index contributed by atoms with van der Waals surface area (Å²) in [6.45, 7) is 13.1. The van der Waals surface area contributed by atoms with E-state index < -0.39 is 33.4 Å². The van der Waals surface area contributed by atoms with Crippen LogP contribution in [0.4, 0.5) is 0 Å². The van der Waals surface area contributed by atoms with Crippen LogP contribution in [0.2, 0.25) is 0 Å². The van der Waals surface area contributed by atoms with Crippen LogP contribution < -0.4 is 0 Å². The van der Waals surface area contributed by atoms with E-state index >= 15 is 0 Å². The molecule has 5 heterocycles. The van der Waals surface area contributed by atoms with E-state index in [-0.39, 0.29) is 0 Å². The topological polar surface area (TPSA) is 59.1 Å². The van der Waals surface area contributed by atoms with Gasteiger partial charge in [-0.2, -0.15) is 0 Å². The highest BCUT2D eigenvalue weighted by Crippen LogP contribution is 2.96. The predicted molar refractivity (Wildman–Crippen MR) is 329 cm³/mol. The molecular weight excluding hydrogens is 1050 g/mol. The molecule has 0 saturated carbocycles. The van der Waals surface area contributed by atoms with Crippen LogP contribution in [0, 0.1) is 0 Å². The summed E-state index contributed by atoms with van der Waals surface area (Å²) in [5.74, 6) is 0. The van der Waals surface area contributed by atoms with E-state index in [2.05, 4.69) is 19.6 Å². The van der Waals surface area contributed by atoms with Crippen molar-refractivity contribution in [2.45, 2.75) is 33.4 Å². The summed E-state index contributed by atoms with van der Waals surface area (Å²) >= 11 is 0. The van der Waals surface area contributed by atoms with Crippen LogP contribution in [0.15, 0.2) is 22.3 Å². The Hall–Kier alpha value is -7.38. The van der Waals surface area contributed by atoms with Crippen LogP contribution in [0.3, 0.4) is 0 Å². The highest BCUT2D eigenvalue weighted by molar-refractivity contribution is 6.77. The van der Waals surface area contributed by atoms with Crippen LogP contribution in [-0.4, -0.2) is 130 Å². The van der Waals surface area contributed by atoms with Crippen LogP contribution in [0.5, 0.6) is 0 Å². The monoisotopic (exact) mass is 1080 g/mol. The largest absolute Gasteiger partial charge is 0.379 e. The average Bonchev–Trinajstić information content (AvgIpc) is 1.36. The Labute approximate surface area is 472 Å². The molecule has 386 valence electrons. The van der Waals surface area contributed by atoms with Gasteiger partial charge in [0.15, 0.2) is 0 Å². The molecule has 6 atom stereocenters. The number of morpholine rings is 4. The zero-order valence-corrected chi connectivity index (χ0v) is 45.1. The lowest BCUT2D eigenvalue weighted by Gasteiger charge is -2.75. The standard InChI is InChI=1S/C76H32N4O5/c1-9-81-10-2-77(1)71-57-47-37-27-22-17-18-20-21-19(17)24-31-29(22)38(37)49-51-41(31)43-33(24)34-26(21)36-35-25(20)32-30-23(18)28(27)39-40(30)50-52-42(32)45(35)55-56-46(36)44(34)54-53(43)63-61(51)72(58(49)57,78-3-11-82-12-4-78)68-67(71)69-73(60(50)59(71)48(39)47,79-5-13-83-14-6-79)62(52)65(55)75(80-7-15-84-16-8-80)66(56)64(54)74(63)70(68)76(69,75)85-74/h1-16H2. The average molecular weight is 1080 g/mol. The Morgan fingerprint density at radius 1 is 0.212 bits per heavy atom. The first-order valence-corrected chi connectivity index (χ1v) is 32.6. The van der Waals surface area contributed by atoms with Crippen molar-refractivity contribution < 1.29 is 23.7 Å². The highest BCUT2D eigenvalue weighted by Gasteiger charge is 2.94. The third-order valence-corrected chi connectivity index (χ3v) is 30.7. The van der Waals surface area contributed by atoms with Gasteiger partial charge in [0.1, 0.15) is 22.3 Å². The van der Waals surface area contributed by atoms with Gasteiger partial charge in [0.25, 0.3) is 0 Å². The molecule has 0 radical (unpaired) electrons. The zero-order valence-electron chi connectivity index (χ0n) is 45.1. The van der Waals surface area contributed by atoms with E-state index in [4.69, 9.17) is 18.9 Å². The fourth-order valence-electron chi connectivity index (χ4n) is 30.6. The Kier molecular flexibility index (Phi) is 3.70.